The molecule has 24 heavy (non-hydrogen) atoms. The van der Waals surface area contributed by atoms with Crippen LogP contribution in [-0.4, -0.2) is 16.2 Å². The highest BCUT2D eigenvalue weighted by atomic mass is 32.2. The SMILES string of the molecule is CSc1nc(NCc2ccccc2)cc(NCc2ccccc2)n1. The lowest BCUT2D eigenvalue weighted by Gasteiger charge is -2.11. The minimum absolute atomic E-state index is 0.740. The number of hydrogen-bond acceptors (Lipinski definition) is 5. The summed E-state index contributed by atoms with van der Waals surface area (Å²) in [6.45, 7) is 1.48. The van der Waals surface area contributed by atoms with Crippen LogP contribution >= 0.6 is 11.8 Å². The maximum atomic E-state index is 4.52. The van der Waals surface area contributed by atoms with Gasteiger partial charge in [0.2, 0.25) is 0 Å². The van der Waals surface area contributed by atoms with Gasteiger partial charge in [0.1, 0.15) is 11.6 Å². The zero-order chi connectivity index (χ0) is 16.6. The maximum absolute atomic E-state index is 4.52. The van der Waals surface area contributed by atoms with Crippen LogP contribution in [0.4, 0.5) is 11.6 Å². The van der Waals surface area contributed by atoms with Crippen LogP contribution in [0.1, 0.15) is 11.1 Å². The number of hydrogen-bond donors (Lipinski definition) is 2. The summed E-state index contributed by atoms with van der Waals surface area (Å²) in [5.41, 5.74) is 2.45. The first kappa shape index (κ1) is 16.3. The van der Waals surface area contributed by atoms with Gasteiger partial charge in [-0.2, -0.15) is 0 Å². The van der Waals surface area contributed by atoms with Gasteiger partial charge >= 0.3 is 0 Å². The van der Waals surface area contributed by atoms with Gasteiger partial charge in [-0.15, -0.1) is 0 Å². The minimum Gasteiger partial charge on any atom is -0.366 e. The van der Waals surface area contributed by atoms with Crippen molar-refractivity contribution in [3.63, 3.8) is 0 Å². The Morgan fingerprint density at radius 1 is 0.750 bits per heavy atom. The van der Waals surface area contributed by atoms with Crippen LogP contribution in [0.15, 0.2) is 71.9 Å². The highest BCUT2D eigenvalue weighted by Crippen LogP contribution is 2.18. The molecule has 5 heteroatoms. The quantitative estimate of drug-likeness (QED) is 0.494. The third-order valence-electron chi connectivity index (χ3n) is 3.52. The molecular formula is C19H20N4S. The fraction of sp³-hybridized carbons (Fsp3) is 0.158. The van der Waals surface area contributed by atoms with E-state index in [1.807, 2.05) is 48.7 Å². The van der Waals surface area contributed by atoms with Gasteiger partial charge in [-0.25, -0.2) is 9.97 Å². The predicted molar refractivity (Wildman–Crippen MR) is 101 cm³/mol. The standard InChI is InChI=1S/C19H20N4S/c1-24-19-22-17(20-13-15-8-4-2-5-9-15)12-18(23-19)21-14-16-10-6-3-7-11-16/h2-12H,13-14H2,1H3,(H2,20,21,22,23). The van der Waals surface area contributed by atoms with E-state index in [0.29, 0.717) is 0 Å². The van der Waals surface area contributed by atoms with E-state index in [1.54, 1.807) is 0 Å². The normalized spacial score (nSPS) is 10.4. The molecule has 2 aromatic carbocycles. The molecule has 4 nitrogen and oxygen atoms in total. The second-order valence-electron chi connectivity index (χ2n) is 5.30. The zero-order valence-electron chi connectivity index (χ0n) is 13.6. The number of benzene rings is 2. The summed E-state index contributed by atoms with van der Waals surface area (Å²) in [5, 5.41) is 7.49. The van der Waals surface area contributed by atoms with Gasteiger partial charge < -0.3 is 10.6 Å². The Bertz CT molecular complexity index is 701. The number of rotatable bonds is 7. The van der Waals surface area contributed by atoms with Crippen LogP contribution in [-0.2, 0) is 13.1 Å². The van der Waals surface area contributed by atoms with Gasteiger partial charge in [0.25, 0.3) is 0 Å². The summed E-state index contributed by atoms with van der Waals surface area (Å²) < 4.78 is 0. The first-order valence-corrected chi connectivity index (χ1v) is 9.04. The molecule has 122 valence electrons. The van der Waals surface area contributed by atoms with E-state index in [-0.39, 0.29) is 0 Å². The van der Waals surface area contributed by atoms with Gasteiger partial charge in [0, 0.05) is 19.2 Å². The Morgan fingerprint density at radius 3 is 1.62 bits per heavy atom. The molecule has 1 heterocycles. The van der Waals surface area contributed by atoms with Gasteiger partial charge in [0.15, 0.2) is 5.16 Å². The molecule has 0 fully saturated rings. The third kappa shape index (κ3) is 4.73. The first-order valence-electron chi connectivity index (χ1n) is 7.82. The van der Waals surface area contributed by atoms with Crippen molar-refractivity contribution in [3.05, 3.63) is 77.9 Å². The highest BCUT2D eigenvalue weighted by molar-refractivity contribution is 7.98. The van der Waals surface area contributed by atoms with E-state index in [2.05, 4.69) is 44.9 Å². The molecule has 0 aliphatic heterocycles. The smallest absolute Gasteiger partial charge is 0.191 e. The van der Waals surface area contributed by atoms with E-state index >= 15 is 0 Å². The van der Waals surface area contributed by atoms with Crippen molar-refractivity contribution in [3.8, 4) is 0 Å². The van der Waals surface area contributed by atoms with Crippen molar-refractivity contribution in [2.75, 3.05) is 16.9 Å². The predicted octanol–water partition coefficient (Wildman–Crippen LogP) is 4.42. The summed E-state index contributed by atoms with van der Waals surface area (Å²) in [4.78, 5) is 9.05. The number of anilines is 2. The molecule has 3 aromatic rings. The Hall–Kier alpha value is -2.53. The van der Waals surface area contributed by atoms with Crippen LogP contribution in [0.3, 0.4) is 0 Å². The fourth-order valence-corrected chi connectivity index (χ4v) is 2.65. The number of thioether (sulfide) groups is 1. The summed E-state index contributed by atoms with van der Waals surface area (Å²) >= 11 is 1.54. The van der Waals surface area contributed by atoms with Crippen molar-refractivity contribution in [2.45, 2.75) is 18.2 Å². The molecular weight excluding hydrogens is 316 g/mol. The lowest BCUT2D eigenvalue weighted by Crippen LogP contribution is -2.06. The molecule has 0 saturated carbocycles. The number of nitrogens with zero attached hydrogens (tertiary/aromatic N) is 2. The van der Waals surface area contributed by atoms with Crippen molar-refractivity contribution in [1.82, 2.24) is 9.97 Å². The van der Waals surface area contributed by atoms with E-state index in [4.69, 9.17) is 0 Å². The molecule has 0 aliphatic carbocycles. The second kappa shape index (κ2) is 8.36. The molecule has 0 radical (unpaired) electrons. The molecule has 3 rings (SSSR count). The molecule has 0 aliphatic rings. The molecule has 0 amide bonds. The molecule has 2 N–H and O–H groups in total. The van der Waals surface area contributed by atoms with Crippen LogP contribution in [0.2, 0.25) is 0 Å². The van der Waals surface area contributed by atoms with Gasteiger partial charge in [-0.3, -0.25) is 0 Å². The molecule has 0 unspecified atom stereocenters. The van der Waals surface area contributed by atoms with Crippen LogP contribution in [0.25, 0.3) is 0 Å². The Morgan fingerprint density at radius 2 is 1.21 bits per heavy atom. The van der Waals surface area contributed by atoms with Crippen LogP contribution < -0.4 is 10.6 Å². The van der Waals surface area contributed by atoms with Crippen molar-refractivity contribution < 1.29 is 0 Å². The van der Waals surface area contributed by atoms with Crippen LogP contribution in [0.5, 0.6) is 0 Å². The van der Waals surface area contributed by atoms with E-state index < -0.39 is 0 Å². The molecule has 0 bridgehead atoms. The molecule has 0 spiro atoms. The zero-order valence-corrected chi connectivity index (χ0v) is 14.4. The van der Waals surface area contributed by atoms with Crippen molar-refractivity contribution in [1.29, 1.82) is 0 Å². The molecule has 1 aromatic heterocycles. The van der Waals surface area contributed by atoms with Crippen molar-refractivity contribution >= 4 is 23.4 Å². The Balaban J connectivity index is 1.68. The minimum atomic E-state index is 0.740. The Labute approximate surface area is 146 Å². The third-order valence-corrected chi connectivity index (χ3v) is 4.07. The summed E-state index contributed by atoms with van der Waals surface area (Å²) in [6.07, 6.45) is 1.98. The van der Waals surface area contributed by atoms with Crippen molar-refractivity contribution in [2.24, 2.45) is 0 Å². The number of aromatic nitrogens is 2. The average Bonchev–Trinajstić information content (AvgIpc) is 2.66. The van der Waals surface area contributed by atoms with Gasteiger partial charge in [-0.05, 0) is 17.4 Å². The Kier molecular flexibility index (Phi) is 5.69. The molecule has 0 saturated heterocycles. The fourth-order valence-electron chi connectivity index (χ4n) is 2.27. The van der Waals surface area contributed by atoms with Gasteiger partial charge in [-0.1, -0.05) is 72.4 Å². The van der Waals surface area contributed by atoms with E-state index in [9.17, 15) is 0 Å². The monoisotopic (exact) mass is 336 g/mol. The molecule has 0 atom stereocenters. The average molecular weight is 336 g/mol. The van der Waals surface area contributed by atoms with E-state index in [1.165, 1.54) is 22.9 Å². The van der Waals surface area contributed by atoms with Crippen LogP contribution in [0, 0.1) is 0 Å². The second-order valence-corrected chi connectivity index (χ2v) is 6.08. The largest absolute Gasteiger partial charge is 0.366 e. The highest BCUT2D eigenvalue weighted by Gasteiger charge is 2.04. The first-order chi connectivity index (χ1) is 11.8. The summed E-state index contributed by atoms with van der Waals surface area (Å²) in [7, 11) is 0. The lowest BCUT2D eigenvalue weighted by atomic mass is 10.2. The maximum Gasteiger partial charge on any atom is 0.191 e. The van der Waals surface area contributed by atoms with E-state index in [0.717, 1.165) is 29.9 Å². The lowest BCUT2D eigenvalue weighted by molar-refractivity contribution is 0.945. The summed E-state index contributed by atoms with van der Waals surface area (Å²) in [5.74, 6) is 1.66. The van der Waals surface area contributed by atoms with Gasteiger partial charge in [0.05, 0.1) is 0 Å². The number of nitrogens with one attached hydrogen (secondary N) is 2. The topological polar surface area (TPSA) is 49.8 Å². The summed E-state index contributed by atoms with van der Waals surface area (Å²) in [6, 6.07) is 22.5.